The number of rotatable bonds is 9. The number of carbonyl (C=O) groups excluding carboxylic acids is 2. The molecule has 0 fully saturated rings. The minimum atomic E-state index is -1.92. The maximum absolute atomic E-state index is 13.3. The number of hydrogen-bond donors (Lipinski definition) is 1. The van der Waals surface area contributed by atoms with Crippen molar-refractivity contribution in [2.24, 2.45) is 0 Å². The van der Waals surface area contributed by atoms with Gasteiger partial charge in [-0.15, -0.1) is 0 Å². The van der Waals surface area contributed by atoms with Crippen LogP contribution in [0.15, 0.2) is 84.9 Å². The fourth-order valence-electron chi connectivity index (χ4n) is 3.95. The zero-order valence-electron chi connectivity index (χ0n) is 18.3. The molecule has 1 N–H and O–H groups in total. The number of fused-ring (bicyclic) bond motifs is 1. The molecule has 1 heterocycles. The summed E-state index contributed by atoms with van der Waals surface area (Å²) in [6.45, 7) is 0.405. The van der Waals surface area contributed by atoms with Gasteiger partial charge < -0.3 is 19.5 Å². The van der Waals surface area contributed by atoms with E-state index in [0.29, 0.717) is 22.7 Å². The fourth-order valence-corrected chi connectivity index (χ4v) is 3.95. The molecule has 1 aliphatic heterocycles. The molecule has 0 spiro atoms. The van der Waals surface area contributed by atoms with E-state index in [1.165, 1.54) is 11.0 Å². The second-order valence-electron chi connectivity index (χ2n) is 7.72. The van der Waals surface area contributed by atoms with Crippen LogP contribution in [-0.2, 0) is 15.2 Å². The summed E-state index contributed by atoms with van der Waals surface area (Å²) in [5.74, 6) is 0.291. The summed E-state index contributed by atoms with van der Waals surface area (Å²) in [5.41, 5.74) is -0.0487. The SMILES string of the molecule is COc1ccccc1OCCN1C(=O)C(O)(CC(=O)/C=C/c2ccccc2)c2ccccc21. The van der Waals surface area contributed by atoms with E-state index in [2.05, 4.69) is 0 Å². The molecule has 1 atom stereocenters. The average Bonchev–Trinajstić information content (AvgIpc) is 3.05. The van der Waals surface area contributed by atoms with E-state index in [-0.39, 0.29) is 25.4 Å². The van der Waals surface area contributed by atoms with Crippen molar-refractivity contribution in [2.45, 2.75) is 12.0 Å². The van der Waals surface area contributed by atoms with Gasteiger partial charge in [0, 0.05) is 5.56 Å². The zero-order chi connectivity index (χ0) is 23.3. The van der Waals surface area contributed by atoms with Gasteiger partial charge in [-0.3, -0.25) is 9.59 Å². The molecule has 3 aromatic carbocycles. The lowest BCUT2D eigenvalue weighted by molar-refractivity contribution is -0.140. The molecule has 1 amide bonds. The number of benzene rings is 3. The molecule has 3 aromatic rings. The first-order valence-corrected chi connectivity index (χ1v) is 10.7. The molecule has 1 aliphatic rings. The van der Waals surface area contributed by atoms with Crippen LogP contribution in [0.3, 0.4) is 0 Å². The molecular formula is C27H25NO5. The van der Waals surface area contributed by atoms with Gasteiger partial charge in [-0.05, 0) is 29.8 Å². The number of amides is 1. The summed E-state index contributed by atoms with van der Waals surface area (Å²) in [7, 11) is 1.56. The first kappa shape index (κ1) is 22.3. The molecule has 6 heteroatoms. The quantitative estimate of drug-likeness (QED) is 0.507. The van der Waals surface area contributed by atoms with Crippen molar-refractivity contribution in [3.05, 3.63) is 96.1 Å². The Morgan fingerprint density at radius 1 is 0.970 bits per heavy atom. The van der Waals surface area contributed by atoms with Crippen LogP contribution in [0, 0.1) is 0 Å². The maximum Gasteiger partial charge on any atom is 0.264 e. The summed E-state index contributed by atoms with van der Waals surface area (Å²) in [6.07, 6.45) is 2.74. The number of ether oxygens (including phenoxy) is 2. The van der Waals surface area contributed by atoms with Crippen molar-refractivity contribution in [2.75, 3.05) is 25.2 Å². The summed E-state index contributed by atoms with van der Waals surface area (Å²) in [4.78, 5) is 27.4. The molecule has 0 aliphatic carbocycles. The van der Waals surface area contributed by atoms with Crippen LogP contribution < -0.4 is 14.4 Å². The van der Waals surface area contributed by atoms with Crippen LogP contribution in [0.4, 0.5) is 5.69 Å². The molecule has 4 rings (SSSR count). The lowest BCUT2D eigenvalue weighted by Crippen LogP contribution is -2.43. The van der Waals surface area contributed by atoms with E-state index in [1.807, 2.05) is 42.5 Å². The molecular weight excluding hydrogens is 418 g/mol. The van der Waals surface area contributed by atoms with Crippen molar-refractivity contribution in [3.8, 4) is 11.5 Å². The lowest BCUT2D eigenvalue weighted by atomic mass is 9.90. The molecule has 6 nitrogen and oxygen atoms in total. The molecule has 0 radical (unpaired) electrons. The summed E-state index contributed by atoms with van der Waals surface area (Å²) in [5, 5.41) is 11.3. The molecule has 33 heavy (non-hydrogen) atoms. The molecule has 1 unspecified atom stereocenters. The van der Waals surface area contributed by atoms with E-state index in [9.17, 15) is 14.7 Å². The highest BCUT2D eigenvalue weighted by Crippen LogP contribution is 2.42. The number of allylic oxidation sites excluding steroid dienone is 1. The predicted molar refractivity (Wildman–Crippen MR) is 126 cm³/mol. The van der Waals surface area contributed by atoms with Crippen molar-refractivity contribution < 1.29 is 24.2 Å². The smallest absolute Gasteiger partial charge is 0.264 e. The average molecular weight is 443 g/mol. The van der Waals surface area contributed by atoms with Gasteiger partial charge in [0.25, 0.3) is 5.91 Å². The Morgan fingerprint density at radius 3 is 2.39 bits per heavy atom. The Balaban J connectivity index is 1.49. The molecule has 0 aromatic heterocycles. The Hall–Kier alpha value is -3.90. The first-order valence-electron chi connectivity index (χ1n) is 10.7. The first-order chi connectivity index (χ1) is 16.0. The molecule has 0 saturated heterocycles. The Morgan fingerprint density at radius 2 is 1.64 bits per heavy atom. The largest absolute Gasteiger partial charge is 0.493 e. The van der Waals surface area contributed by atoms with E-state index in [0.717, 1.165) is 5.56 Å². The van der Waals surface area contributed by atoms with E-state index in [4.69, 9.17) is 9.47 Å². The number of para-hydroxylation sites is 3. The second-order valence-corrected chi connectivity index (χ2v) is 7.72. The number of hydrogen-bond acceptors (Lipinski definition) is 5. The highest BCUT2D eigenvalue weighted by molar-refractivity contribution is 6.10. The molecule has 168 valence electrons. The zero-order valence-corrected chi connectivity index (χ0v) is 18.3. The van der Waals surface area contributed by atoms with E-state index < -0.39 is 11.5 Å². The van der Waals surface area contributed by atoms with Crippen LogP contribution >= 0.6 is 0 Å². The minimum Gasteiger partial charge on any atom is -0.493 e. The topological polar surface area (TPSA) is 76.1 Å². The van der Waals surface area contributed by atoms with Gasteiger partial charge in [-0.25, -0.2) is 0 Å². The second kappa shape index (κ2) is 9.71. The third-order valence-electron chi connectivity index (χ3n) is 5.57. The van der Waals surface area contributed by atoms with Crippen LogP contribution in [0.1, 0.15) is 17.5 Å². The van der Waals surface area contributed by atoms with Gasteiger partial charge in [0.1, 0.15) is 6.61 Å². The van der Waals surface area contributed by atoms with E-state index in [1.54, 1.807) is 49.6 Å². The number of ketones is 1. The monoisotopic (exact) mass is 443 g/mol. The van der Waals surface area contributed by atoms with Gasteiger partial charge in [-0.2, -0.15) is 0 Å². The number of anilines is 1. The van der Waals surface area contributed by atoms with Gasteiger partial charge >= 0.3 is 0 Å². The standard InChI is InChI=1S/C27H25NO5/c1-32-24-13-7-8-14-25(24)33-18-17-28-23-12-6-5-11-22(23)27(31,26(28)30)19-21(29)16-15-20-9-3-2-4-10-20/h2-16,31H,17-19H2,1H3/b16-15+. The number of aliphatic hydroxyl groups is 1. The highest BCUT2D eigenvalue weighted by atomic mass is 16.5. The van der Waals surface area contributed by atoms with Crippen LogP contribution in [0.5, 0.6) is 11.5 Å². The fraction of sp³-hybridized carbons (Fsp3) is 0.185. The van der Waals surface area contributed by atoms with Crippen LogP contribution in [0.25, 0.3) is 6.08 Å². The Labute approximate surface area is 192 Å². The van der Waals surface area contributed by atoms with Crippen molar-refractivity contribution in [1.29, 1.82) is 0 Å². The van der Waals surface area contributed by atoms with Crippen molar-refractivity contribution in [1.82, 2.24) is 0 Å². The third kappa shape index (κ3) is 4.66. The van der Waals surface area contributed by atoms with Crippen molar-refractivity contribution in [3.63, 3.8) is 0 Å². The van der Waals surface area contributed by atoms with Gasteiger partial charge in [-0.1, -0.05) is 66.7 Å². The Kier molecular flexibility index (Phi) is 6.56. The summed E-state index contributed by atoms with van der Waals surface area (Å²) >= 11 is 0. The lowest BCUT2D eigenvalue weighted by Gasteiger charge is -2.22. The minimum absolute atomic E-state index is 0.193. The number of nitrogens with zero attached hydrogens (tertiary/aromatic N) is 1. The van der Waals surface area contributed by atoms with Crippen molar-refractivity contribution >= 4 is 23.5 Å². The highest BCUT2D eigenvalue weighted by Gasteiger charge is 2.50. The predicted octanol–water partition coefficient (Wildman–Crippen LogP) is 3.98. The van der Waals surface area contributed by atoms with Crippen LogP contribution in [0.2, 0.25) is 0 Å². The van der Waals surface area contributed by atoms with Gasteiger partial charge in [0.15, 0.2) is 22.9 Å². The maximum atomic E-state index is 13.3. The number of methoxy groups -OCH3 is 1. The molecule has 0 saturated carbocycles. The van der Waals surface area contributed by atoms with E-state index >= 15 is 0 Å². The summed E-state index contributed by atoms with van der Waals surface area (Å²) < 4.78 is 11.1. The number of carbonyl (C=O) groups is 2. The third-order valence-corrected chi connectivity index (χ3v) is 5.57. The van der Waals surface area contributed by atoms with Gasteiger partial charge in [0.05, 0.1) is 25.8 Å². The van der Waals surface area contributed by atoms with Crippen LogP contribution in [-0.4, -0.2) is 37.1 Å². The molecule has 0 bridgehead atoms. The Bertz CT molecular complexity index is 1170. The summed E-state index contributed by atoms with van der Waals surface area (Å²) in [6, 6.07) is 23.6. The normalized spacial score (nSPS) is 17.3. The van der Waals surface area contributed by atoms with Gasteiger partial charge in [0.2, 0.25) is 0 Å².